The summed E-state index contributed by atoms with van der Waals surface area (Å²) in [5.41, 5.74) is 3.90. The van der Waals surface area contributed by atoms with Crippen LogP contribution >= 0.6 is 0 Å². The summed E-state index contributed by atoms with van der Waals surface area (Å²) < 4.78 is 5.47. The second-order valence-corrected chi connectivity index (χ2v) is 10.6. The van der Waals surface area contributed by atoms with Crippen LogP contribution in [-0.2, 0) is 17.7 Å². The van der Waals surface area contributed by atoms with Gasteiger partial charge in [-0.1, -0.05) is 6.07 Å². The van der Waals surface area contributed by atoms with E-state index in [1.165, 1.54) is 12.0 Å². The van der Waals surface area contributed by atoms with E-state index in [2.05, 4.69) is 31.1 Å². The summed E-state index contributed by atoms with van der Waals surface area (Å²) in [4.78, 5) is 26.5. The van der Waals surface area contributed by atoms with Crippen molar-refractivity contribution in [3.63, 3.8) is 0 Å². The molecule has 2 saturated heterocycles. The molecule has 2 fully saturated rings. The van der Waals surface area contributed by atoms with Crippen LogP contribution in [0.3, 0.4) is 0 Å². The van der Waals surface area contributed by atoms with Crippen molar-refractivity contribution in [2.75, 3.05) is 69.2 Å². The number of aromatic nitrogens is 4. The molecule has 1 unspecified atom stereocenters. The average Bonchev–Trinajstić information content (AvgIpc) is 2.96. The Morgan fingerprint density at radius 1 is 0.974 bits per heavy atom. The van der Waals surface area contributed by atoms with E-state index < -0.39 is 6.10 Å². The number of hydrogen-bond donors (Lipinski definition) is 2. The predicted octanol–water partition coefficient (Wildman–Crippen LogP) is 2.90. The minimum absolute atomic E-state index is 0.512. The van der Waals surface area contributed by atoms with E-state index in [0.717, 1.165) is 113 Å². The SMILES string of the molecule is CC(O)c1cc2cnc(Nc3ccc4c(n3)CCN(CCN3CCOCC3)C4)nc2c(N2CCCCC2)n1. The lowest BCUT2D eigenvalue weighted by Crippen LogP contribution is -2.42. The highest BCUT2D eigenvalue weighted by Gasteiger charge is 2.21. The minimum Gasteiger partial charge on any atom is -0.387 e. The molecule has 3 aliphatic heterocycles. The van der Waals surface area contributed by atoms with Gasteiger partial charge in [-0.3, -0.25) is 9.80 Å². The lowest BCUT2D eigenvalue weighted by atomic mass is 10.1. The average molecular weight is 519 g/mol. The summed E-state index contributed by atoms with van der Waals surface area (Å²) >= 11 is 0. The van der Waals surface area contributed by atoms with Crippen molar-refractivity contribution in [1.82, 2.24) is 29.7 Å². The van der Waals surface area contributed by atoms with Gasteiger partial charge in [0.15, 0.2) is 5.82 Å². The number of hydrogen-bond acceptors (Lipinski definition) is 10. The molecule has 0 spiro atoms. The highest BCUT2D eigenvalue weighted by atomic mass is 16.5. The highest BCUT2D eigenvalue weighted by molar-refractivity contribution is 5.89. The van der Waals surface area contributed by atoms with Crippen LogP contribution in [0.2, 0.25) is 0 Å². The molecule has 6 heterocycles. The van der Waals surface area contributed by atoms with Gasteiger partial charge in [-0.15, -0.1) is 0 Å². The van der Waals surface area contributed by atoms with E-state index in [-0.39, 0.29) is 0 Å². The molecular formula is C28H38N8O2. The van der Waals surface area contributed by atoms with Crippen LogP contribution < -0.4 is 10.2 Å². The Morgan fingerprint density at radius 2 is 1.79 bits per heavy atom. The van der Waals surface area contributed by atoms with Gasteiger partial charge in [0.05, 0.1) is 25.0 Å². The van der Waals surface area contributed by atoms with Crippen molar-refractivity contribution in [2.24, 2.45) is 0 Å². The van der Waals surface area contributed by atoms with Crippen molar-refractivity contribution in [3.05, 3.63) is 41.3 Å². The van der Waals surface area contributed by atoms with Crippen molar-refractivity contribution >= 4 is 28.5 Å². The fourth-order valence-corrected chi connectivity index (χ4v) is 5.60. The smallest absolute Gasteiger partial charge is 0.229 e. The Balaban J connectivity index is 1.17. The standard InChI is InChI=1S/C28H38N8O2/c1-20(37)24-17-22-18-29-28(33-26(22)27(31-24)36-8-3-2-4-9-36)32-25-6-5-21-19-35(10-7-23(21)30-25)12-11-34-13-15-38-16-14-34/h5-6,17-18,20,37H,2-4,7-16,19H2,1H3,(H,29,30,32,33). The third-order valence-electron chi connectivity index (χ3n) is 7.85. The second kappa shape index (κ2) is 11.4. The zero-order valence-electron chi connectivity index (χ0n) is 22.3. The molecule has 202 valence electrons. The summed E-state index contributed by atoms with van der Waals surface area (Å²) in [5.74, 6) is 2.11. The summed E-state index contributed by atoms with van der Waals surface area (Å²) in [5, 5.41) is 14.4. The molecule has 0 saturated carbocycles. The molecule has 0 aliphatic carbocycles. The van der Waals surface area contributed by atoms with E-state index in [1.54, 1.807) is 6.92 Å². The number of pyridine rings is 2. The molecule has 10 heteroatoms. The number of aliphatic hydroxyl groups is 1. The number of nitrogens with zero attached hydrogens (tertiary/aromatic N) is 7. The normalized spacial score (nSPS) is 19.9. The molecule has 0 bridgehead atoms. The first kappa shape index (κ1) is 25.4. The zero-order valence-corrected chi connectivity index (χ0v) is 22.3. The largest absolute Gasteiger partial charge is 0.387 e. The molecule has 10 nitrogen and oxygen atoms in total. The molecule has 3 aliphatic rings. The van der Waals surface area contributed by atoms with Gasteiger partial charge in [-0.2, -0.15) is 0 Å². The first-order chi connectivity index (χ1) is 18.6. The van der Waals surface area contributed by atoms with Crippen molar-refractivity contribution in [2.45, 2.75) is 45.3 Å². The predicted molar refractivity (Wildman–Crippen MR) is 148 cm³/mol. The van der Waals surface area contributed by atoms with Gasteiger partial charge < -0.3 is 20.1 Å². The van der Waals surface area contributed by atoms with Gasteiger partial charge in [0.25, 0.3) is 0 Å². The lowest BCUT2D eigenvalue weighted by Gasteiger charge is -2.32. The number of ether oxygens (including phenoxy) is 1. The van der Waals surface area contributed by atoms with Crippen LogP contribution in [0.15, 0.2) is 24.4 Å². The van der Waals surface area contributed by atoms with Gasteiger partial charge in [-0.05, 0) is 43.9 Å². The maximum atomic E-state index is 10.2. The van der Waals surface area contributed by atoms with Crippen LogP contribution in [0, 0.1) is 0 Å². The maximum absolute atomic E-state index is 10.2. The monoisotopic (exact) mass is 518 g/mol. The summed E-state index contributed by atoms with van der Waals surface area (Å²) in [6.07, 6.45) is 5.63. The van der Waals surface area contributed by atoms with Gasteiger partial charge in [0, 0.05) is 76.1 Å². The molecule has 0 aromatic carbocycles. The van der Waals surface area contributed by atoms with Crippen LogP contribution in [0.4, 0.5) is 17.6 Å². The van der Waals surface area contributed by atoms with Crippen molar-refractivity contribution in [3.8, 4) is 0 Å². The fourth-order valence-electron chi connectivity index (χ4n) is 5.60. The van der Waals surface area contributed by atoms with Gasteiger partial charge >= 0.3 is 0 Å². The van der Waals surface area contributed by atoms with Gasteiger partial charge in [-0.25, -0.2) is 19.9 Å². The van der Waals surface area contributed by atoms with Gasteiger partial charge in [0.1, 0.15) is 11.3 Å². The number of nitrogens with one attached hydrogen (secondary N) is 1. The van der Waals surface area contributed by atoms with E-state index in [0.29, 0.717) is 11.6 Å². The van der Waals surface area contributed by atoms with E-state index >= 15 is 0 Å². The summed E-state index contributed by atoms with van der Waals surface area (Å²) in [7, 11) is 0. The van der Waals surface area contributed by atoms with Crippen LogP contribution in [0.5, 0.6) is 0 Å². The van der Waals surface area contributed by atoms with E-state index in [4.69, 9.17) is 19.7 Å². The second-order valence-electron chi connectivity index (χ2n) is 10.6. The highest BCUT2D eigenvalue weighted by Crippen LogP contribution is 2.29. The number of morpholine rings is 1. The number of rotatable bonds is 7. The summed E-state index contributed by atoms with van der Waals surface area (Å²) in [6.45, 7) is 11.6. The molecular weight excluding hydrogens is 480 g/mol. The Kier molecular flexibility index (Phi) is 7.64. The fraction of sp³-hybridized carbons (Fsp3) is 0.571. The molecule has 1 atom stereocenters. The third kappa shape index (κ3) is 5.73. The first-order valence-corrected chi connectivity index (χ1v) is 14.0. The Labute approximate surface area is 224 Å². The van der Waals surface area contributed by atoms with E-state index in [9.17, 15) is 5.11 Å². The number of aliphatic hydroxyl groups excluding tert-OH is 1. The Bertz CT molecular complexity index is 1260. The molecule has 3 aromatic heterocycles. The number of fused-ring (bicyclic) bond motifs is 2. The minimum atomic E-state index is -0.643. The third-order valence-corrected chi connectivity index (χ3v) is 7.85. The van der Waals surface area contributed by atoms with Crippen LogP contribution in [0.25, 0.3) is 10.9 Å². The number of piperidine rings is 1. The molecule has 0 radical (unpaired) electrons. The maximum Gasteiger partial charge on any atom is 0.229 e. The first-order valence-electron chi connectivity index (χ1n) is 14.0. The lowest BCUT2D eigenvalue weighted by molar-refractivity contribution is 0.0326. The van der Waals surface area contributed by atoms with E-state index in [1.807, 2.05) is 18.3 Å². The topological polar surface area (TPSA) is 103 Å². The molecule has 2 N–H and O–H groups in total. The zero-order chi connectivity index (χ0) is 25.9. The van der Waals surface area contributed by atoms with Gasteiger partial charge in [0.2, 0.25) is 5.95 Å². The molecule has 0 amide bonds. The van der Waals surface area contributed by atoms with Crippen molar-refractivity contribution in [1.29, 1.82) is 0 Å². The molecule has 3 aromatic rings. The Hall–Kier alpha value is -2.92. The quantitative estimate of drug-likeness (QED) is 0.485. The molecule has 6 rings (SSSR count). The number of anilines is 3. The summed E-state index contributed by atoms with van der Waals surface area (Å²) in [6, 6.07) is 6.10. The Morgan fingerprint density at radius 3 is 2.61 bits per heavy atom. The van der Waals surface area contributed by atoms with Crippen molar-refractivity contribution < 1.29 is 9.84 Å². The van der Waals surface area contributed by atoms with Crippen LogP contribution in [0.1, 0.15) is 49.2 Å². The van der Waals surface area contributed by atoms with Crippen LogP contribution in [-0.4, -0.2) is 93.9 Å². The molecule has 38 heavy (non-hydrogen) atoms.